The van der Waals surface area contributed by atoms with Crippen molar-refractivity contribution < 1.29 is 9.15 Å². The molecule has 0 bridgehead atoms. The quantitative estimate of drug-likeness (QED) is 0.864. The molecular formula is C14H17N3O2. The van der Waals surface area contributed by atoms with Gasteiger partial charge in [-0.2, -0.15) is 0 Å². The van der Waals surface area contributed by atoms with Crippen LogP contribution in [0.4, 0.5) is 5.69 Å². The predicted molar refractivity (Wildman–Crippen MR) is 71.7 cm³/mol. The van der Waals surface area contributed by atoms with Crippen LogP contribution in [0, 0.1) is 5.92 Å². The summed E-state index contributed by atoms with van der Waals surface area (Å²) in [5.74, 6) is 1.29. The smallest absolute Gasteiger partial charge is 0.247 e. The van der Waals surface area contributed by atoms with E-state index in [0.717, 1.165) is 23.8 Å². The van der Waals surface area contributed by atoms with Gasteiger partial charge in [-0.05, 0) is 43.0 Å². The summed E-state index contributed by atoms with van der Waals surface area (Å²) in [4.78, 5) is 0. The highest BCUT2D eigenvalue weighted by Gasteiger charge is 2.31. The highest BCUT2D eigenvalue weighted by atomic mass is 16.5. The summed E-state index contributed by atoms with van der Waals surface area (Å²) in [6.45, 7) is 0.746. The lowest BCUT2D eigenvalue weighted by atomic mass is 10.1. The van der Waals surface area contributed by atoms with Crippen LogP contribution in [0.3, 0.4) is 0 Å². The maximum absolute atomic E-state index is 5.26. The average molecular weight is 259 g/mol. The maximum Gasteiger partial charge on any atom is 0.247 e. The van der Waals surface area contributed by atoms with Crippen LogP contribution >= 0.6 is 0 Å². The van der Waals surface area contributed by atoms with E-state index in [4.69, 9.17) is 9.15 Å². The molecule has 0 saturated heterocycles. The van der Waals surface area contributed by atoms with Gasteiger partial charge in [-0.3, -0.25) is 0 Å². The second-order valence-corrected chi connectivity index (χ2v) is 4.86. The standard InChI is InChI=1S/C14H17N3O2/c1-18-8-13(10-2-3-10)16-12-6-4-11(5-7-12)14-17-15-9-19-14/h4-7,9-10,13,16H,2-3,8H2,1H3. The molecule has 1 unspecified atom stereocenters. The van der Waals surface area contributed by atoms with Gasteiger partial charge >= 0.3 is 0 Å². The van der Waals surface area contributed by atoms with E-state index in [1.165, 1.54) is 19.2 Å². The molecular weight excluding hydrogens is 242 g/mol. The van der Waals surface area contributed by atoms with Crippen LogP contribution in [0.25, 0.3) is 11.5 Å². The highest BCUT2D eigenvalue weighted by molar-refractivity contribution is 5.58. The molecule has 1 aliphatic rings. The number of methoxy groups -OCH3 is 1. The first kappa shape index (κ1) is 12.2. The van der Waals surface area contributed by atoms with Crippen LogP contribution in [0.1, 0.15) is 12.8 Å². The molecule has 1 saturated carbocycles. The van der Waals surface area contributed by atoms with Crippen molar-refractivity contribution in [3.8, 4) is 11.5 Å². The molecule has 0 amide bonds. The number of benzene rings is 1. The van der Waals surface area contributed by atoms with Gasteiger partial charge in [0.2, 0.25) is 12.3 Å². The van der Waals surface area contributed by atoms with Crippen molar-refractivity contribution in [2.45, 2.75) is 18.9 Å². The van der Waals surface area contributed by atoms with Gasteiger partial charge in [-0.15, -0.1) is 10.2 Å². The van der Waals surface area contributed by atoms with E-state index in [9.17, 15) is 0 Å². The SMILES string of the molecule is COCC(Nc1ccc(-c2nnco2)cc1)C1CC1. The Morgan fingerprint density at radius 3 is 2.74 bits per heavy atom. The van der Waals surface area contributed by atoms with Crippen molar-refractivity contribution in [3.05, 3.63) is 30.7 Å². The summed E-state index contributed by atoms with van der Waals surface area (Å²) in [6, 6.07) is 8.42. The molecule has 19 heavy (non-hydrogen) atoms. The van der Waals surface area contributed by atoms with Crippen molar-refractivity contribution in [1.82, 2.24) is 10.2 Å². The molecule has 1 atom stereocenters. The summed E-state index contributed by atoms with van der Waals surface area (Å²) >= 11 is 0. The van der Waals surface area contributed by atoms with E-state index < -0.39 is 0 Å². The molecule has 1 fully saturated rings. The first-order chi connectivity index (χ1) is 9.36. The summed E-state index contributed by atoms with van der Waals surface area (Å²) in [5.41, 5.74) is 2.02. The minimum atomic E-state index is 0.402. The lowest BCUT2D eigenvalue weighted by Gasteiger charge is -2.18. The highest BCUT2D eigenvalue weighted by Crippen LogP contribution is 2.34. The zero-order valence-corrected chi connectivity index (χ0v) is 10.9. The molecule has 0 aliphatic heterocycles. The third-order valence-corrected chi connectivity index (χ3v) is 3.38. The van der Waals surface area contributed by atoms with E-state index in [1.807, 2.05) is 24.3 Å². The Morgan fingerprint density at radius 2 is 2.16 bits per heavy atom. The van der Waals surface area contributed by atoms with Gasteiger partial charge < -0.3 is 14.5 Å². The minimum absolute atomic E-state index is 0.402. The molecule has 1 aliphatic carbocycles. The molecule has 1 aromatic carbocycles. The molecule has 5 heteroatoms. The van der Waals surface area contributed by atoms with Crippen LogP contribution in [0.5, 0.6) is 0 Å². The van der Waals surface area contributed by atoms with Gasteiger partial charge in [0.05, 0.1) is 12.6 Å². The van der Waals surface area contributed by atoms with Crippen LogP contribution < -0.4 is 5.32 Å². The number of anilines is 1. The van der Waals surface area contributed by atoms with Crippen molar-refractivity contribution >= 4 is 5.69 Å². The molecule has 0 radical (unpaired) electrons. The number of nitrogens with zero attached hydrogens (tertiary/aromatic N) is 2. The number of rotatable bonds is 6. The number of aromatic nitrogens is 2. The molecule has 2 aromatic rings. The Hall–Kier alpha value is -1.88. The lowest BCUT2D eigenvalue weighted by Crippen LogP contribution is -2.27. The predicted octanol–water partition coefficient (Wildman–Crippen LogP) is 2.57. The number of hydrogen-bond donors (Lipinski definition) is 1. The van der Waals surface area contributed by atoms with Gasteiger partial charge in [0.15, 0.2) is 0 Å². The summed E-state index contributed by atoms with van der Waals surface area (Å²) in [5, 5.41) is 11.1. The fourth-order valence-electron chi connectivity index (χ4n) is 2.20. The van der Waals surface area contributed by atoms with Gasteiger partial charge in [0.25, 0.3) is 0 Å². The summed E-state index contributed by atoms with van der Waals surface area (Å²) in [7, 11) is 1.75. The van der Waals surface area contributed by atoms with E-state index in [2.05, 4.69) is 15.5 Å². The van der Waals surface area contributed by atoms with Gasteiger partial charge in [0, 0.05) is 18.4 Å². The van der Waals surface area contributed by atoms with Crippen molar-refractivity contribution in [2.24, 2.45) is 5.92 Å². The van der Waals surface area contributed by atoms with Gasteiger partial charge in [-0.25, -0.2) is 0 Å². The fourth-order valence-corrected chi connectivity index (χ4v) is 2.20. The number of hydrogen-bond acceptors (Lipinski definition) is 5. The second kappa shape index (κ2) is 5.40. The zero-order valence-electron chi connectivity index (χ0n) is 10.9. The van der Waals surface area contributed by atoms with Crippen LogP contribution in [0.15, 0.2) is 35.1 Å². The van der Waals surface area contributed by atoms with Crippen molar-refractivity contribution in [2.75, 3.05) is 19.0 Å². The third kappa shape index (κ3) is 2.93. The third-order valence-electron chi connectivity index (χ3n) is 3.38. The molecule has 1 aromatic heterocycles. The average Bonchev–Trinajstić information content (AvgIpc) is 3.14. The molecule has 100 valence electrons. The minimum Gasteiger partial charge on any atom is -0.423 e. The van der Waals surface area contributed by atoms with Gasteiger partial charge in [-0.1, -0.05) is 0 Å². The largest absolute Gasteiger partial charge is 0.423 e. The van der Waals surface area contributed by atoms with Gasteiger partial charge in [0.1, 0.15) is 0 Å². The van der Waals surface area contributed by atoms with E-state index in [-0.39, 0.29) is 0 Å². The topological polar surface area (TPSA) is 60.2 Å². The first-order valence-electron chi connectivity index (χ1n) is 6.49. The Bertz CT molecular complexity index is 506. The Kier molecular flexibility index (Phi) is 3.46. The van der Waals surface area contributed by atoms with E-state index in [1.54, 1.807) is 7.11 Å². The van der Waals surface area contributed by atoms with E-state index in [0.29, 0.717) is 11.9 Å². The molecule has 1 heterocycles. The van der Waals surface area contributed by atoms with Crippen molar-refractivity contribution in [1.29, 1.82) is 0 Å². The number of ether oxygens (including phenoxy) is 1. The maximum atomic E-state index is 5.26. The lowest BCUT2D eigenvalue weighted by molar-refractivity contribution is 0.179. The molecule has 5 nitrogen and oxygen atoms in total. The molecule has 1 N–H and O–H groups in total. The monoisotopic (exact) mass is 259 g/mol. The molecule has 0 spiro atoms. The second-order valence-electron chi connectivity index (χ2n) is 4.86. The van der Waals surface area contributed by atoms with Crippen LogP contribution in [-0.4, -0.2) is 30.0 Å². The Balaban J connectivity index is 1.68. The molecule has 3 rings (SSSR count). The van der Waals surface area contributed by atoms with E-state index >= 15 is 0 Å². The number of nitrogens with one attached hydrogen (secondary N) is 1. The fraction of sp³-hybridized carbons (Fsp3) is 0.429. The zero-order chi connectivity index (χ0) is 13.1. The normalized spacial score (nSPS) is 16.3. The Morgan fingerprint density at radius 1 is 1.37 bits per heavy atom. The Labute approximate surface area is 112 Å². The van der Waals surface area contributed by atoms with Crippen molar-refractivity contribution in [3.63, 3.8) is 0 Å². The van der Waals surface area contributed by atoms with Crippen LogP contribution in [-0.2, 0) is 4.74 Å². The summed E-state index contributed by atoms with van der Waals surface area (Å²) < 4.78 is 10.4. The summed E-state index contributed by atoms with van der Waals surface area (Å²) in [6.07, 6.45) is 3.92. The first-order valence-corrected chi connectivity index (χ1v) is 6.49. The van der Waals surface area contributed by atoms with Crippen LogP contribution in [0.2, 0.25) is 0 Å².